The standard InChI is InChI=1S/C9H5Cl2N3S/c10-6-2-1-3-12-9(6)15-8-4-7(11)13-5-14-8/h1-5H. The largest absolute Gasteiger partial charge is 0.248 e. The van der Waals surface area contributed by atoms with Crippen molar-refractivity contribution >= 4 is 35.0 Å². The quantitative estimate of drug-likeness (QED) is 0.774. The van der Waals surface area contributed by atoms with Gasteiger partial charge in [-0.3, -0.25) is 0 Å². The second kappa shape index (κ2) is 4.79. The molecule has 0 unspecified atom stereocenters. The third-order valence-electron chi connectivity index (χ3n) is 1.53. The zero-order valence-corrected chi connectivity index (χ0v) is 9.72. The number of halogens is 2. The van der Waals surface area contributed by atoms with Crippen LogP contribution >= 0.6 is 35.0 Å². The van der Waals surface area contributed by atoms with Gasteiger partial charge in [-0.05, 0) is 23.9 Å². The van der Waals surface area contributed by atoms with Crippen molar-refractivity contribution in [1.82, 2.24) is 15.0 Å². The van der Waals surface area contributed by atoms with E-state index in [-0.39, 0.29) is 0 Å². The van der Waals surface area contributed by atoms with E-state index in [1.807, 2.05) is 0 Å². The second-order valence-electron chi connectivity index (χ2n) is 2.57. The van der Waals surface area contributed by atoms with Gasteiger partial charge >= 0.3 is 0 Å². The number of pyridine rings is 1. The van der Waals surface area contributed by atoms with Gasteiger partial charge in [0.15, 0.2) is 0 Å². The summed E-state index contributed by atoms with van der Waals surface area (Å²) in [5.74, 6) is 0. The van der Waals surface area contributed by atoms with E-state index in [9.17, 15) is 0 Å². The second-order valence-corrected chi connectivity index (χ2v) is 4.37. The molecule has 3 nitrogen and oxygen atoms in total. The van der Waals surface area contributed by atoms with Crippen LogP contribution in [0, 0.1) is 0 Å². The van der Waals surface area contributed by atoms with Gasteiger partial charge in [0.05, 0.1) is 5.02 Å². The van der Waals surface area contributed by atoms with Crippen LogP contribution in [0.2, 0.25) is 10.2 Å². The highest BCUT2D eigenvalue weighted by molar-refractivity contribution is 7.99. The Hall–Kier alpha value is -0.840. The third kappa shape index (κ3) is 2.81. The highest BCUT2D eigenvalue weighted by Crippen LogP contribution is 2.30. The molecule has 0 saturated heterocycles. The normalized spacial score (nSPS) is 10.3. The van der Waals surface area contributed by atoms with Crippen LogP contribution < -0.4 is 0 Å². The molecule has 2 rings (SSSR count). The van der Waals surface area contributed by atoms with Crippen LogP contribution in [0.4, 0.5) is 0 Å². The number of rotatable bonds is 2. The molecule has 0 spiro atoms. The van der Waals surface area contributed by atoms with E-state index in [2.05, 4.69) is 15.0 Å². The van der Waals surface area contributed by atoms with Gasteiger partial charge < -0.3 is 0 Å². The minimum Gasteiger partial charge on any atom is -0.248 e. The van der Waals surface area contributed by atoms with Crippen LogP contribution in [-0.2, 0) is 0 Å². The molecule has 0 aliphatic carbocycles. The van der Waals surface area contributed by atoms with Gasteiger partial charge in [0.2, 0.25) is 0 Å². The molecule has 0 fully saturated rings. The fourth-order valence-corrected chi connectivity index (χ4v) is 2.12. The Bertz CT molecular complexity index is 478. The lowest BCUT2D eigenvalue weighted by Crippen LogP contribution is -1.85. The lowest BCUT2D eigenvalue weighted by atomic mass is 10.5. The smallest absolute Gasteiger partial charge is 0.133 e. The summed E-state index contributed by atoms with van der Waals surface area (Å²) < 4.78 is 0. The first-order valence-corrected chi connectivity index (χ1v) is 5.59. The van der Waals surface area contributed by atoms with E-state index in [1.54, 1.807) is 24.4 Å². The van der Waals surface area contributed by atoms with Gasteiger partial charge in [-0.1, -0.05) is 23.2 Å². The van der Waals surface area contributed by atoms with Gasteiger partial charge in [-0.15, -0.1) is 0 Å². The Kier molecular flexibility index (Phi) is 3.41. The molecular formula is C9H5Cl2N3S. The lowest BCUT2D eigenvalue weighted by Gasteiger charge is -2.01. The molecular weight excluding hydrogens is 253 g/mol. The first kappa shape index (κ1) is 10.7. The molecule has 2 heterocycles. The summed E-state index contributed by atoms with van der Waals surface area (Å²) in [5.41, 5.74) is 0. The molecule has 0 radical (unpaired) electrons. The average molecular weight is 258 g/mol. The molecule has 0 aliphatic rings. The average Bonchev–Trinajstić information content (AvgIpc) is 2.22. The van der Waals surface area contributed by atoms with E-state index in [4.69, 9.17) is 23.2 Å². The van der Waals surface area contributed by atoms with Crippen molar-refractivity contribution < 1.29 is 0 Å². The van der Waals surface area contributed by atoms with E-state index in [0.29, 0.717) is 15.2 Å². The summed E-state index contributed by atoms with van der Waals surface area (Å²) >= 11 is 13.0. The molecule has 2 aromatic rings. The maximum Gasteiger partial charge on any atom is 0.133 e. The predicted molar refractivity (Wildman–Crippen MR) is 60.4 cm³/mol. The van der Waals surface area contributed by atoms with Gasteiger partial charge in [-0.25, -0.2) is 15.0 Å². The molecule has 0 saturated carbocycles. The predicted octanol–water partition coefficient (Wildman–Crippen LogP) is 3.33. The van der Waals surface area contributed by atoms with Crippen molar-refractivity contribution in [3.8, 4) is 0 Å². The Morgan fingerprint density at radius 1 is 1.13 bits per heavy atom. The Balaban J connectivity index is 2.26. The Morgan fingerprint density at radius 2 is 2.00 bits per heavy atom. The van der Waals surface area contributed by atoms with E-state index < -0.39 is 0 Å². The minimum absolute atomic E-state index is 0.402. The van der Waals surface area contributed by atoms with E-state index in [0.717, 1.165) is 5.03 Å². The summed E-state index contributed by atoms with van der Waals surface area (Å²) in [7, 11) is 0. The molecule has 0 aliphatic heterocycles. The van der Waals surface area contributed by atoms with Crippen molar-refractivity contribution in [2.24, 2.45) is 0 Å². The van der Waals surface area contributed by atoms with Crippen molar-refractivity contribution in [3.63, 3.8) is 0 Å². The monoisotopic (exact) mass is 257 g/mol. The minimum atomic E-state index is 0.402. The summed E-state index contributed by atoms with van der Waals surface area (Å²) in [5, 5.41) is 2.42. The van der Waals surface area contributed by atoms with E-state index in [1.165, 1.54) is 18.1 Å². The first-order chi connectivity index (χ1) is 7.25. The molecule has 6 heteroatoms. The Morgan fingerprint density at radius 3 is 2.73 bits per heavy atom. The molecule has 0 amide bonds. The summed E-state index contributed by atoms with van der Waals surface area (Å²) in [6.45, 7) is 0. The van der Waals surface area contributed by atoms with Crippen LogP contribution in [0.5, 0.6) is 0 Å². The molecule has 0 aromatic carbocycles. The number of aromatic nitrogens is 3. The van der Waals surface area contributed by atoms with Crippen molar-refractivity contribution in [2.75, 3.05) is 0 Å². The Labute approximate surface area is 101 Å². The number of hydrogen-bond donors (Lipinski definition) is 0. The maximum atomic E-state index is 5.95. The highest BCUT2D eigenvalue weighted by Gasteiger charge is 2.04. The van der Waals surface area contributed by atoms with Crippen molar-refractivity contribution in [3.05, 3.63) is 40.9 Å². The highest BCUT2D eigenvalue weighted by atomic mass is 35.5. The van der Waals surface area contributed by atoms with Gasteiger partial charge in [0.25, 0.3) is 0 Å². The van der Waals surface area contributed by atoms with Crippen LogP contribution in [0.3, 0.4) is 0 Å². The third-order valence-corrected chi connectivity index (χ3v) is 3.11. The molecule has 76 valence electrons. The van der Waals surface area contributed by atoms with Gasteiger partial charge in [0, 0.05) is 12.3 Å². The molecule has 0 bridgehead atoms. The number of nitrogens with zero attached hydrogens (tertiary/aromatic N) is 3. The zero-order valence-electron chi connectivity index (χ0n) is 7.39. The van der Waals surface area contributed by atoms with Crippen LogP contribution in [0.25, 0.3) is 0 Å². The maximum absolute atomic E-state index is 5.95. The van der Waals surface area contributed by atoms with Crippen LogP contribution in [0.1, 0.15) is 0 Å². The molecule has 2 aromatic heterocycles. The van der Waals surface area contributed by atoms with Gasteiger partial charge in [-0.2, -0.15) is 0 Å². The molecule has 15 heavy (non-hydrogen) atoms. The molecule has 0 N–H and O–H groups in total. The fraction of sp³-hybridized carbons (Fsp3) is 0. The van der Waals surface area contributed by atoms with Crippen LogP contribution in [0.15, 0.2) is 40.8 Å². The number of hydrogen-bond acceptors (Lipinski definition) is 4. The lowest BCUT2D eigenvalue weighted by molar-refractivity contribution is 1.04. The fourth-order valence-electron chi connectivity index (χ4n) is 0.919. The summed E-state index contributed by atoms with van der Waals surface area (Å²) in [4.78, 5) is 12.0. The zero-order chi connectivity index (χ0) is 10.7. The van der Waals surface area contributed by atoms with E-state index >= 15 is 0 Å². The van der Waals surface area contributed by atoms with Crippen LogP contribution in [-0.4, -0.2) is 15.0 Å². The van der Waals surface area contributed by atoms with Crippen molar-refractivity contribution in [1.29, 1.82) is 0 Å². The SMILES string of the molecule is Clc1cc(Sc2ncccc2Cl)ncn1. The summed E-state index contributed by atoms with van der Waals surface area (Å²) in [6.07, 6.45) is 3.08. The van der Waals surface area contributed by atoms with Crippen molar-refractivity contribution in [2.45, 2.75) is 10.1 Å². The topological polar surface area (TPSA) is 38.7 Å². The molecule has 0 atom stereocenters. The van der Waals surface area contributed by atoms with Gasteiger partial charge in [0.1, 0.15) is 21.5 Å². The summed E-state index contributed by atoms with van der Waals surface area (Å²) in [6, 6.07) is 5.22. The first-order valence-electron chi connectivity index (χ1n) is 4.01.